The van der Waals surface area contributed by atoms with Crippen molar-refractivity contribution in [3.8, 4) is 0 Å². The molecule has 0 bridgehead atoms. The molecule has 0 heterocycles. The highest BCUT2D eigenvalue weighted by Crippen LogP contribution is 1.98. The molecule has 0 aliphatic carbocycles. The molecule has 0 radical (unpaired) electrons. The van der Waals surface area contributed by atoms with E-state index < -0.39 is 12.1 Å². The SMILES string of the molecule is C[N+](C)(C)CC(O)CC(=O)O.[OH-]. The molecule has 3 N–H and O–H groups in total. The number of rotatable bonds is 4. The summed E-state index contributed by atoms with van der Waals surface area (Å²) in [5, 5.41) is 17.5. The van der Waals surface area contributed by atoms with Crippen LogP contribution in [0.2, 0.25) is 0 Å². The summed E-state index contributed by atoms with van der Waals surface area (Å²) in [6.07, 6.45) is -0.914. The first-order valence-corrected chi connectivity index (χ1v) is 3.51. The largest absolute Gasteiger partial charge is 0.870 e. The quantitative estimate of drug-likeness (QED) is 0.561. The average molecular weight is 179 g/mol. The lowest BCUT2D eigenvalue weighted by atomic mass is 10.2. The van der Waals surface area contributed by atoms with Crippen molar-refractivity contribution in [3.63, 3.8) is 0 Å². The van der Waals surface area contributed by atoms with Crippen molar-refractivity contribution in [2.45, 2.75) is 12.5 Å². The van der Waals surface area contributed by atoms with Crippen molar-refractivity contribution in [3.05, 3.63) is 0 Å². The van der Waals surface area contributed by atoms with Gasteiger partial charge in [0.2, 0.25) is 0 Å². The maximum atomic E-state index is 10.1. The van der Waals surface area contributed by atoms with E-state index in [-0.39, 0.29) is 11.9 Å². The second kappa shape index (κ2) is 5.08. The zero-order valence-electron chi connectivity index (χ0n) is 7.69. The Hall–Kier alpha value is -0.650. The molecule has 0 fully saturated rings. The zero-order valence-corrected chi connectivity index (χ0v) is 7.69. The van der Waals surface area contributed by atoms with Gasteiger partial charge in [0.05, 0.1) is 27.6 Å². The molecule has 12 heavy (non-hydrogen) atoms. The molecular formula is C7H17NO4. The van der Waals surface area contributed by atoms with Gasteiger partial charge in [-0.15, -0.1) is 0 Å². The smallest absolute Gasteiger partial charge is 0.306 e. The summed E-state index contributed by atoms with van der Waals surface area (Å²) in [4.78, 5) is 10.1. The summed E-state index contributed by atoms with van der Waals surface area (Å²) in [5.41, 5.74) is 0. The van der Waals surface area contributed by atoms with Crippen molar-refractivity contribution >= 4 is 5.97 Å². The molecule has 0 rings (SSSR count). The van der Waals surface area contributed by atoms with Crippen molar-refractivity contribution in [2.75, 3.05) is 27.7 Å². The average Bonchev–Trinajstić information content (AvgIpc) is 1.53. The van der Waals surface area contributed by atoms with Gasteiger partial charge in [-0.25, -0.2) is 0 Å². The minimum Gasteiger partial charge on any atom is -0.870 e. The Balaban J connectivity index is 0. The van der Waals surface area contributed by atoms with Gasteiger partial charge in [-0.3, -0.25) is 4.79 Å². The summed E-state index contributed by atoms with van der Waals surface area (Å²) in [6, 6.07) is 0. The molecule has 0 aliphatic heterocycles. The van der Waals surface area contributed by atoms with Crippen molar-refractivity contribution in [1.82, 2.24) is 0 Å². The van der Waals surface area contributed by atoms with Gasteiger partial charge in [-0.2, -0.15) is 0 Å². The fourth-order valence-electron chi connectivity index (χ4n) is 0.898. The van der Waals surface area contributed by atoms with Crippen LogP contribution in [-0.2, 0) is 4.79 Å². The number of hydrogen-bond donors (Lipinski definition) is 2. The lowest BCUT2D eigenvalue weighted by molar-refractivity contribution is -0.873. The topological polar surface area (TPSA) is 87.5 Å². The first kappa shape index (κ1) is 13.9. The molecule has 0 aromatic rings. The number of carboxylic acid groups (broad SMARTS) is 1. The van der Waals surface area contributed by atoms with Crippen LogP contribution in [0.1, 0.15) is 6.42 Å². The number of quaternary nitrogens is 1. The molecule has 0 aromatic heterocycles. The summed E-state index contributed by atoms with van der Waals surface area (Å²) >= 11 is 0. The van der Waals surface area contributed by atoms with Crippen LogP contribution in [0, 0.1) is 0 Å². The maximum Gasteiger partial charge on any atom is 0.306 e. The molecule has 74 valence electrons. The van der Waals surface area contributed by atoms with Crippen LogP contribution in [0.5, 0.6) is 0 Å². The number of carbonyl (C=O) groups is 1. The molecule has 0 amide bonds. The lowest BCUT2D eigenvalue weighted by Crippen LogP contribution is -2.42. The second-order valence-corrected chi connectivity index (χ2v) is 3.72. The Kier molecular flexibility index (Phi) is 5.88. The van der Waals surface area contributed by atoms with Crippen LogP contribution >= 0.6 is 0 Å². The molecule has 0 spiro atoms. The normalized spacial score (nSPS) is 13.3. The minimum absolute atomic E-state index is 0. The van der Waals surface area contributed by atoms with E-state index in [1.165, 1.54) is 0 Å². The van der Waals surface area contributed by atoms with Crippen LogP contribution in [-0.4, -0.2) is 59.9 Å². The van der Waals surface area contributed by atoms with Gasteiger partial charge in [-0.05, 0) is 0 Å². The number of aliphatic hydroxyl groups excluding tert-OH is 1. The van der Waals surface area contributed by atoms with E-state index in [2.05, 4.69) is 0 Å². The van der Waals surface area contributed by atoms with Gasteiger partial charge in [0.1, 0.15) is 12.6 Å². The summed E-state index contributed by atoms with van der Waals surface area (Å²) < 4.78 is 0.578. The standard InChI is InChI=1S/C7H15NO3.H2O/c1-8(2,3)5-6(9)4-7(10)11;/h6,9H,4-5H2,1-3H3;1H2. The number of nitrogens with zero attached hydrogens (tertiary/aromatic N) is 1. The Morgan fingerprint density at radius 3 is 2.08 bits per heavy atom. The van der Waals surface area contributed by atoms with Crippen LogP contribution in [0.4, 0.5) is 0 Å². The third kappa shape index (κ3) is 9.35. The van der Waals surface area contributed by atoms with Crippen LogP contribution in [0.25, 0.3) is 0 Å². The number of likely N-dealkylation sites (N-methyl/N-ethyl adjacent to an activating group) is 1. The highest BCUT2D eigenvalue weighted by molar-refractivity contribution is 5.67. The molecule has 5 heteroatoms. The van der Waals surface area contributed by atoms with E-state index in [1.807, 2.05) is 21.1 Å². The number of aliphatic carboxylic acids is 1. The van der Waals surface area contributed by atoms with Crippen molar-refractivity contribution in [2.24, 2.45) is 0 Å². The highest BCUT2D eigenvalue weighted by atomic mass is 16.4. The van der Waals surface area contributed by atoms with E-state index >= 15 is 0 Å². The number of aliphatic hydroxyl groups is 1. The van der Waals surface area contributed by atoms with Gasteiger partial charge < -0.3 is 20.2 Å². The molecular weight excluding hydrogens is 162 g/mol. The summed E-state index contributed by atoms with van der Waals surface area (Å²) in [6.45, 7) is 0.465. The van der Waals surface area contributed by atoms with E-state index in [0.717, 1.165) is 0 Å². The van der Waals surface area contributed by atoms with Gasteiger partial charge in [0.25, 0.3) is 0 Å². The third-order valence-corrected chi connectivity index (χ3v) is 1.17. The van der Waals surface area contributed by atoms with E-state index in [4.69, 9.17) is 10.2 Å². The maximum absolute atomic E-state index is 10.1. The van der Waals surface area contributed by atoms with Crippen molar-refractivity contribution < 1.29 is 25.0 Å². The van der Waals surface area contributed by atoms with Gasteiger partial charge >= 0.3 is 5.97 Å². The highest BCUT2D eigenvalue weighted by Gasteiger charge is 2.17. The molecule has 5 nitrogen and oxygen atoms in total. The van der Waals surface area contributed by atoms with Gasteiger partial charge in [0.15, 0.2) is 0 Å². The van der Waals surface area contributed by atoms with Crippen LogP contribution in [0.3, 0.4) is 0 Å². The fourth-order valence-corrected chi connectivity index (χ4v) is 0.898. The second-order valence-electron chi connectivity index (χ2n) is 3.72. The summed E-state index contributed by atoms with van der Waals surface area (Å²) in [5.74, 6) is -0.953. The summed E-state index contributed by atoms with van der Waals surface area (Å²) in [7, 11) is 5.72. The predicted molar refractivity (Wildman–Crippen MR) is 43.1 cm³/mol. The third-order valence-electron chi connectivity index (χ3n) is 1.17. The molecule has 1 unspecified atom stereocenters. The van der Waals surface area contributed by atoms with Crippen molar-refractivity contribution in [1.29, 1.82) is 0 Å². The molecule has 1 atom stereocenters. The molecule has 0 aliphatic rings. The van der Waals surface area contributed by atoms with Gasteiger partial charge in [-0.1, -0.05) is 0 Å². The van der Waals surface area contributed by atoms with E-state index in [0.29, 0.717) is 11.0 Å². The first-order chi connectivity index (χ1) is 4.81. The van der Waals surface area contributed by atoms with E-state index in [9.17, 15) is 4.79 Å². The monoisotopic (exact) mass is 179 g/mol. The number of hydrogen-bond acceptors (Lipinski definition) is 3. The lowest BCUT2D eigenvalue weighted by Gasteiger charge is -2.25. The van der Waals surface area contributed by atoms with Crippen LogP contribution < -0.4 is 0 Å². The molecule has 0 aromatic carbocycles. The number of carboxylic acids is 1. The van der Waals surface area contributed by atoms with Crippen LogP contribution in [0.15, 0.2) is 0 Å². The van der Waals surface area contributed by atoms with Gasteiger partial charge in [0, 0.05) is 0 Å². The first-order valence-electron chi connectivity index (χ1n) is 3.51. The predicted octanol–water partition coefficient (Wildman–Crippen LogP) is -0.649. The zero-order chi connectivity index (χ0) is 9.07. The Morgan fingerprint density at radius 1 is 1.42 bits per heavy atom. The molecule has 0 saturated heterocycles. The Labute approximate surface area is 72.1 Å². The Morgan fingerprint density at radius 2 is 1.83 bits per heavy atom. The minimum atomic E-state index is -0.953. The fraction of sp³-hybridized carbons (Fsp3) is 0.857. The van der Waals surface area contributed by atoms with E-state index in [1.54, 1.807) is 0 Å². The molecule has 0 saturated carbocycles. The Bertz CT molecular complexity index is 141.